The van der Waals surface area contributed by atoms with E-state index < -0.39 is 0 Å². The smallest absolute Gasteiger partial charge is 0.219 e. The molecule has 8 heteroatoms. The van der Waals surface area contributed by atoms with Crippen molar-refractivity contribution in [1.82, 2.24) is 5.32 Å². The van der Waals surface area contributed by atoms with Gasteiger partial charge < -0.3 is 33.7 Å². The van der Waals surface area contributed by atoms with Crippen LogP contribution in [0.25, 0.3) is 0 Å². The number of allylic oxidation sites excluding steroid dienone is 2. The van der Waals surface area contributed by atoms with Crippen molar-refractivity contribution >= 4 is 5.91 Å². The summed E-state index contributed by atoms with van der Waals surface area (Å²) < 4.78 is 38.4. The van der Waals surface area contributed by atoms with Crippen molar-refractivity contribution in [3.8, 4) is 0 Å². The van der Waals surface area contributed by atoms with Crippen molar-refractivity contribution in [2.45, 2.75) is 147 Å². The summed E-state index contributed by atoms with van der Waals surface area (Å²) in [7, 11) is 0. The molecule has 48 heavy (non-hydrogen) atoms. The Balaban J connectivity index is 1.32. The number of hydrogen-bond acceptors (Lipinski definition) is 7. The third kappa shape index (κ3) is 12.7. The van der Waals surface area contributed by atoms with E-state index in [-0.39, 0.29) is 54.9 Å². The molecule has 4 fully saturated rings. The molecule has 1 aliphatic carbocycles. The summed E-state index contributed by atoms with van der Waals surface area (Å²) in [4.78, 5) is 11.9. The van der Waals surface area contributed by atoms with Crippen LogP contribution in [0.15, 0.2) is 54.6 Å². The number of hydrogen-bond donors (Lipinski definition) is 1. The Kier molecular flexibility index (Phi) is 16.4. The Hall–Kier alpha value is -2.07. The fourth-order valence-corrected chi connectivity index (χ4v) is 7.46. The summed E-state index contributed by atoms with van der Waals surface area (Å²) in [5.41, 5.74) is 1.32. The Morgan fingerprint density at radius 1 is 0.875 bits per heavy atom. The lowest BCUT2D eigenvalue weighted by Gasteiger charge is -2.30. The molecule has 1 aromatic rings. The molecule has 5 rings (SSSR count). The molecule has 8 atom stereocenters. The molecule has 0 spiro atoms. The molecule has 4 unspecified atom stereocenters. The molecule has 1 saturated carbocycles. The van der Waals surface area contributed by atoms with E-state index in [0.717, 1.165) is 116 Å². The van der Waals surface area contributed by atoms with Crippen molar-refractivity contribution in [3.63, 3.8) is 0 Å². The summed E-state index contributed by atoms with van der Waals surface area (Å²) in [5, 5.41) is 2.90. The topological polar surface area (TPSA) is 84.5 Å². The number of carbonyl (C=O) groups excluding carboxylic acids is 1. The van der Waals surface area contributed by atoms with Crippen molar-refractivity contribution in [2.75, 3.05) is 26.4 Å². The number of ether oxygens (including phenoxy) is 6. The summed E-state index contributed by atoms with van der Waals surface area (Å²) in [6, 6.07) is 10.7. The average Bonchev–Trinajstić information content (AvgIpc) is 3.43. The van der Waals surface area contributed by atoms with Gasteiger partial charge in [0.25, 0.3) is 0 Å². The van der Waals surface area contributed by atoms with Crippen LogP contribution in [0, 0.1) is 11.8 Å². The third-order valence-electron chi connectivity index (χ3n) is 10.1. The fourth-order valence-electron chi connectivity index (χ4n) is 7.46. The second-order valence-corrected chi connectivity index (χ2v) is 13.9. The molecular formula is C40H61NO7. The number of amides is 1. The maximum absolute atomic E-state index is 11.9. The molecule has 3 heterocycles. The average molecular weight is 668 g/mol. The predicted molar refractivity (Wildman–Crippen MR) is 187 cm³/mol. The van der Waals surface area contributed by atoms with Crippen LogP contribution in [-0.4, -0.2) is 69.5 Å². The van der Waals surface area contributed by atoms with Gasteiger partial charge in [0.2, 0.25) is 5.91 Å². The number of carbonyl (C=O) groups is 1. The summed E-state index contributed by atoms with van der Waals surface area (Å²) in [5.74, 6) is 0.486. The Bertz CT molecular complexity index is 1080. The minimum Gasteiger partial charge on any atom is -0.356 e. The van der Waals surface area contributed by atoms with E-state index in [9.17, 15) is 4.79 Å². The number of unbranched alkanes of at least 4 members (excludes halogenated alkanes) is 1. The molecule has 0 radical (unpaired) electrons. The van der Waals surface area contributed by atoms with Gasteiger partial charge in [-0.3, -0.25) is 4.79 Å². The minimum atomic E-state index is -0.171. The van der Waals surface area contributed by atoms with Crippen LogP contribution < -0.4 is 5.32 Å². The molecule has 0 aromatic heterocycles. The van der Waals surface area contributed by atoms with Crippen molar-refractivity contribution in [3.05, 3.63) is 60.2 Å². The van der Waals surface area contributed by atoms with Crippen molar-refractivity contribution < 1.29 is 33.2 Å². The highest BCUT2D eigenvalue weighted by atomic mass is 16.7. The predicted octanol–water partition coefficient (Wildman–Crippen LogP) is 7.80. The zero-order valence-electron chi connectivity index (χ0n) is 29.3. The van der Waals surface area contributed by atoms with Gasteiger partial charge in [0.1, 0.15) is 0 Å². The second kappa shape index (κ2) is 21.2. The zero-order chi connectivity index (χ0) is 33.2. The number of rotatable bonds is 18. The second-order valence-electron chi connectivity index (χ2n) is 13.9. The largest absolute Gasteiger partial charge is 0.356 e. The number of benzene rings is 1. The van der Waals surface area contributed by atoms with E-state index in [1.165, 1.54) is 5.56 Å². The lowest BCUT2D eigenvalue weighted by atomic mass is 9.89. The maximum Gasteiger partial charge on any atom is 0.219 e. The molecule has 0 bridgehead atoms. The van der Waals surface area contributed by atoms with Gasteiger partial charge >= 0.3 is 0 Å². The van der Waals surface area contributed by atoms with E-state index in [1.54, 1.807) is 0 Å². The first kappa shape index (κ1) is 37.2. The molecule has 1 amide bonds. The molecule has 4 aliphatic rings. The zero-order valence-corrected chi connectivity index (χ0v) is 29.3. The van der Waals surface area contributed by atoms with E-state index >= 15 is 0 Å². The van der Waals surface area contributed by atoms with Crippen LogP contribution in [0.5, 0.6) is 0 Å². The third-order valence-corrected chi connectivity index (χ3v) is 10.1. The van der Waals surface area contributed by atoms with Crippen LogP contribution in [0.3, 0.4) is 0 Å². The molecule has 3 saturated heterocycles. The summed E-state index contributed by atoms with van der Waals surface area (Å²) in [6.45, 7) is 4.92. The summed E-state index contributed by atoms with van der Waals surface area (Å²) >= 11 is 0. The molecule has 1 N–H and O–H groups in total. The van der Waals surface area contributed by atoms with Gasteiger partial charge in [-0.25, -0.2) is 0 Å². The van der Waals surface area contributed by atoms with Gasteiger partial charge in [-0.05, 0) is 108 Å². The van der Waals surface area contributed by atoms with Crippen LogP contribution >= 0.6 is 0 Å². The highest BCUT2D eigenvalue weighted by Gasteiger charge is 2.45. The maximum atomic E-state index is 11.9. The Labute approximate surface area is 289 Å². The van der Waals surface area contributed by atoms with E-state index in [0.29, 0.717) is 13.0 Å². The SMILES string of the molecule is CCNC(=O)CCC/C=C\C[C@@H]1[C@@H](/C=C/C(CCc2ccccc2)OC2CCCCO2)[C@H](OC2CCCCO2)C[C@@H]1OC1CCCCO1. The highest BCUT2D eigenvalue weighted by Crippen LogP contribution is 2.42. The molecule has 1 aromatic carbocycles. The van der Waals surface area contributed by atoms with Gasteiger partial charge in [-0.1, -0.05) is 54.6 Å². The van der Waals surface area contributed by atoms with Gasteiger partial charge in [0.05, 0.1) is 18.3 Å². The van der Waals surface area contributed by atoms with Gasteiger partial charge in [0.15, 0.2) is 18.9 Å². The molecular weight excluding hydrogens is 606 g/mol. The van der Waals surface area contributed by atoms with Gasteiger partial charge in [-0.15, -0.1) is 0 Å². The van der Waals surface area contributed by atoms with Crippen LogP contribution in [0.4, 0.5) is 0 Å². The number of nitrogens with one attached hydrogen (secondary N) is 1. The Morgan fingerprint density at radius 2 is 1.54 bits per heavy atom. The molecule has 8 nitrogen and oxygen atoms in total. The first-order valence-corrected chi connectivity index (χ1v) is 19.1. The van der Waals surface area contributed by atoms with Crippen LogP contribution in [-0.2, 0) is 39.6 Å². The lowest BCUT2D eigenvalue weighted by Crippen LogP contribution is -2.31. The van der Waals surface area contributed by atoms with Crippen molar-refractivity contribution in [2.24, 2.45) is 11.8 Å². The lowest BCUT2D eigenvalue weighted by molar-refractivity contribution is -0.203. The van der Waals surface area contributed by atoms with E-state index in [4.69, 9.17) is 28.4 Å². The normalized spacial score (nSPS) is 30.6. The first-order valence-electron chi connectivity index (χ1n) is 19.1. The van der Waals surface area contributed by atoms with Gasteiger partial charge in [-0.2, -0.15) is 0 Å². The highest BCUT2D eigenvalue weighted by molar-refractivity contribution is 5.75. The standard InChI is InChI=1S/C40H61NO7/c1-2-41-37(42)19-9-4-3-8-18-33-34(26-25-32(46-38-20-10-13-27-43-38)24-23-31-16-6-5-7-17-31)36(48-40-22-12-15-29-45-40)30-35(33)47-39-21-11-14-28-44-39/h3,5-8,16-17,25-26,32-36,38-40H,2,4,9-15,18-24,27-30H2,1H3,(H,41,42)/b8-3-,26-25+/t32?,33-,34-,35+,36-,38?,39?,40?/m1/s1. The Morgan fingerprint density at radius 3 is 2.19 bits per heavy atom. The van der Waals surface area contributed by atoms with E-state index in [1.807, 2.05) is 6.92 Å². The van der Waals surface area contributed by atoms with E-state index in [2.05, 4.69) is 60.0 Å². The fraction of sp³-hybridized carbons (Fsp3) is 0.725. The first-order chi connectivity index (χ1) is 23.7. The quantitative estimate of drug-likeness (QED) is 0.126. The molecule has 268 valence electrons. The monoisotopic (exact) mass is 667 g/mol. The number of aryl methyl sites for hydroxylation is 1. The summed E-state index contributed by atoms with van der Waals surface area (Å²) in [6.07, 6.45) is 23.9. The molecule has 3 aliphatic heterocycles. The van der Waals surface area contributed by atoms with Crippen molar-refractivity contribution in [1.29, 1.82) is 0 Å². The minimum absolute atomic E-state index is 0.0155. The van der Waals surface area contributed by atoms with Crippen LogP contribution in [0.2, 0.25) is 0 Å². The van der Waals surface area contributed by atoms with Crippen LogP contribution in [0.1, 0.15) is 109 Å². The van der Waals surface area contributed by atoms with Gasteiger partial charge in [0, 0.05) is 45.1 Å².